The predicted molar refractivity (Wildman–Crippen MR) is 88.1 cm³/mol. The van der Waals surface area contributed by atoms with Crippen molar-refractivity contribution < 1.29 is 0 Å². The first kappa shape index (κ1) is 14.1. The smallest absolute Gasteiger partial charge is 0.0453 e. The average molecular weight is 351 g/mol. The van der Waals surface area contributed by atoms with Crippen LogP contribution in [0.25, 0.3) is 0 Å². The van der Waals surface area contributed by atoms with Crippen molar-refractivity contribution in [3.63, 3.8) is 0 Å². The zero-order valence-electron chi connectivity index (χ0n) is 11.5. The molecule has 1 heterocycles. The molecule has 0 saturated carbocycles. The van der Waals surface area contributed by atoms with E-state index < -0.39 is 0 Å². The van der Waals surface area contributed by atoms with Crippen molar-refractivity contribution in [2.24, 2.45) is 0 Å². The fourth-order valence-electron chi connectivity index (χ4n) is 2.81. The van der Waals surface area contributed by atoms with Crippen LogP contribution in [0.2, 0.25) is 5.02 Å². The molecule has 2 aromatic carbocycles. The Morgan fingerprint density at radius 3 is 2.85 bits per heavy atom. The molecule has 104 valence electrons. The standard InChI is InChI=1S/C17H17BrClN/c1-12-3-2-4-17(19)16(12)11-20-8-7-13-9-15(18)6-5-14(13)10-20/h2-6,9H,7-8,10-11H2,1H3. The molecule has 0 radical (unpaired) electrons. The lowest BCUT2D eigenvalue weighted by molar-refractivity contribution is 0.245. The third kappa shape index (κ3) is 2.93. The van der Waals surface area contributed by atoms with Crippen LogP contribution >= 0.6 is 27.5 Å². The lowest BCUT2D eigenvalue weighted by Gasteiger charge is -2.29. The van der Waals surface area contributed by atoms with Gasteiger partial charge in [0.2, 0.25) is 0 Å². The van der Waals surface area contributed by atoms with Crippen LogP contribution in [0.4, 0.5) is 0 Å². The molecule has 0 atom stereocenters. The maximum Gasteiger partial charge on any atom is 0.0453 e. The summed E-state index contributed by atoms with van der Waals surface area (Å²) >= 11 is 9.88. The van der Waals surface area contributed by atoms with Gasteiger partial charge >= 0.3 is 0 Å². The highest BCUT2D eigenvalue weighted by molar-refractivity contribution is 9.10. The van der Waals surface area contributed by atoms with Gasteiger partial charge in [-0.15, -0.1) is 0 Å². The number of halogens is 2. The molecule has 0 saturated heterocycles. The Balaban J connectivity index is 1.79. The minimum Gasteiger partial charge on any atom is -0.294 e. The molecule has 3 rings (SSSR count). The summed E-state index contributed by atoms with van der Waals surface area (Å²) in [6.07, 6.45) is 1.11. The van der Waals surface area contributed by atoms with Crippen LogP contribution in [-0.4, -0.2) is 11.4 Å². The molecule has 0 aromatic heterocycles. The van der Waals surface area contributed by atoms with Crippen molar-refractivity contribution in [3.05, 3.63) is 68.1 Å². The Morgan fingerprint density at radius 1 is 1.20 bits per heavy atom. The fourth-order valence-corrected chi connectivity index (χ4v) is 3.50. The molecule has 0 fully saturated rings. The first-order valence-corrected chi connectivity index (χ1v) is 8.04. The molecule has 1 nitrogen and oxygen atoms in total. The molecule has 1 aliphatic heterocycles. The van der Waals surface area contributed by atoms with E-state index in [1.807, 2.05) is 12.1 Å². The highest BCUT2D eigenvalue weighted by atomic mass is 79.9. The van der Waals surface area contributed by atoms with Crippen molar-refractivity contribution in [1.29, 1.82) is 0 Å². The van der Waals surface area contributed by atoms with Crippen LogP contribution in [-0.2, 0) is 19.5 Å². The zero-order chi connectivity index (χ0) is 14.1. The summed E-state index contributed by atoms with van der Waals surface area (Å²) < 4.78 is 1.17. The van der Waals surface area contributed by atoms with Crippen molar-refractivity contribution in [3.8, 4) is 0 Å². The van der Waals surface area contributed by atoms with Gasteiger partial charge in [-0.25, -0.2) is 0 Å². The van der Waals surface area contributed by atoms with E-state index in [-0.39, 0.29) is 0 Å². The molecular formula is C17H17BrClN. The molecule has 0 aliphatic carbocycles. The van der Waals surface area contributed by atoms with E-state index in [0.29, 0.717) is 0 Å². The van der Waals surface area contributed by atoms with Crippen LogP contribution in [0, 0.1) is 6.92 Å². The van der Waals surface area contributed by atoms with E-state index in [9.17, 15) is 0 Å². The van der Waals surface area contributed by atoms with Crippen molar-refractivity contribution >= 4 is 27.5 Å². The largest absolute Gasteiger partial charge is 0.294 e. The summed E-state index contributed by atoms with van der Waals surface area (Å²) in [6, 6.07) is 12.7. The number of fused-ring (bicyclic) bond motifs is 1. The maximum atomic E-state index is 6.34. The highest BCUT2D eigenvalue weighted by Gasteiger charge is 2.18. The van der Waals surface area contributed by atoms with E-state index in [1.165, 1.54) is 26.7 Å². The molecule has 2 aromatic rings. The number of aryl methyl sites for hydroxylation is 1. The summed E-state index contributed by atoms with van der Waals surface area (Å²) in [5.41, 5.74) is 5.43. The highest BCUT2D eigenvalue weighted by Crippen LogP contribution is 2.26. The molecule has 1 aliphatic rings. The van der Waals surface area contributed by atoms with Gasteiger partial charge < -0.3 is 0 Å². The molecule has 0 unspecified atom stereocenters. The quantitative estimate of drug-likeness (QED) is 0.739. The van der Waals surface area contributed by atoms with Gasteiger partial charge in [-0.05, 0) is 53.8 Å². The van der Waals surface area contributed by atoms with Gasteiger partial charge in [0.15, 0.2) is 0 Å². The molecule has 0 spiro atoms. The topological polar surface area (TPSA) is 3.24 Å². The molecule has 0 N–H and O–H groups in total. The van der Waals surface area contributed by atoms with Crippen LogP contribution in [0.1, 0.15) is 22.3 Å². The number of benzene rings is 2. The first-order valence-electron chi connectivity index (χ1n) is 6.87. The Bertz CT molecular complexity index is 619. The number of hydrogen-bond acceptors (Lipinski definition) is 1. The number of nitrogens with zero attached hydrogens (tertiary/aromatic N) is 1. The third-order valence-corrected chi connectivity index (χ3v) is 4.84. The lowest BCUT2D eigenvalue weighted by atomic mass is 9.99. The Morgan fingerprint density at radius 2 is 2.05 bits per heavy atom. The fraction of sp³-hybridized carbons (Fsp3) is 0.294. The van der Waals surface area contributed by atoms with Gasteiger partial charge in [-0.2, -0.15) is 0 Å². The Labute approximate surface area is 133 Å². The van der Waals surface area contributed by atoms with Crippen molar-refractivity contribution in [2.75, 3.05) is 6.54 Å². The third-order valence-electron chi connectivity index (χ3n) is 3.99. The summed E-state index contributed by atoms with van der Waals surface area (Å²) in [5, 5.41) is 0.881. The molecule has 3 heteroatoms. The van der Waals surface area contributed by atoms with E-state index in [2.05, 4.69) is 52.0 Å². The Hall–Kier alpha value is -0.830. The van der Waals surface area contributed by atoms with Crippen LogP contribution in [0.5, 0.6) is 0 Å². The molecule has 0 amide bonds. The number of rotatable bonds is 2. The van der Waals surface area contributed by atoms with Crippen LogP contribution in [0.15, 0.2) is 40.9 Å². The lowest BCUT2D eigenvalue weighted by Crippen LogP contribution is -2.30. The summed E-state index contributed by atoms with van der Waals surface area (Å²) in [6.45, 7) is 5.17. The van der Waals surface area contributed by atoms with E-state index in [1.54, 1.807) is 0 Å². The average Bonchev–Trinajstić information content (AvgIpc) is 2.43. The summed E-state index contributed by atoms with van der Waals surface area (Å²) in [4.78, 5) is 2.48. The van der Waals surface area contributed by atoms with E-state index in [0.717, 1.165) is 31.1 Å². The van der Waals surface area contributed by atoms with Crippen LogP contribution < -0.4 is 0 Å². The predicted octanol–water partition coefficient (Wildman–Crippen LogP) is 4.97. The second-order valence-corrected chi connectivity index (χ2v) is 6.73. The van der Waals surface area contributed by atoms with Gasteiger partial charge in [-0.1, -0.05) is 45.7 Å². The van der Waals surface area contributed by atoms with Crippen molar-refractivity contribution in [2.45, 2.75) is 26.4 Å². The molecular weight excluding hydrogens is 334 g/mol. The van der Waals surface area contributed by atoms with Gasteiger partial charge in [0.25, 0.3) is 0 Å². The minimum atomic E-state index is 0.881. The van der Waals surface area contributed by atoms with Gasteiger partial charge in [0, 0.05) is 29.1 Å². The summed E-state index contributed by atoms with van der Waals surface area (Å²) in [7, 11) is 0. The second-order valence-electron chi connectivity index (χ2n) is 5.41. The van der Waals surface area contributed by atoms with Crippen LogP contribution in [0.3, 0.4) is 0 Å². The Kier molecular flexibility index (Phi) is 4.16. The second kappa shape index (κ2) is 5.88. The number of hydrogen-bond donors (Lipinski definition) is 0. The molecule has 20 heavy (non-hydrogen) atoms. The van der Waals surface area contributed by atoms with Gasteiger partial charge in [0.05, 0.1) is 0 Å². The van der Waals surface area contributed by atoms with E-state index in [4.69, 9.17) is 11.6 Å². The van der Waals surface area contributed by atoms with Gasteiger partial charge in [-0.3, -0.25) is 4.90 Å². The normalized spacial score (nSPS) is 15.2. The van der Waals surface area contributed by atoms with E-state index >= 15 is 0 Å². The molecule has 0 bridgehead atoms. The SMILES string of the molecule is Cc1cccc(Cl)c1CN1CCc2cc(Br)ccc2C1. The monoisotopic (exact) mass is 349 g/mol. The first-order chi connectivity index (χ1) is 9.63. The minimum absolute atomic E-state index is 0.881. The zero-order valence-corrected chi connectivity index (χ0v) is 13.8. The van der Waals surface area contributed by atoms with Crippen molar-refractivity contribution in [1.82, 2.24) is 4.90 Å². The maximum absolute atomic E-state index is 6.34. The summed E-state index contributed by atoms with van der Waals surface area (Å²) in [5.74, 6) is 0. The van der Waals surface area contributed by atoms with Gasteiger partial charge in [0.1, 0.15) is 0 Å².